The molecular formula is C15H17ClN2O. The van der Waals surface area contributed by atoms with E-state index < -0.39 is 0 Å². The normalized spacial score (nSPS) is 12.2. The van der Waals surface area contributed by atoms with Gasteiger partial charge in [-0.05, 0) is 31.2 Å². The van der Waals surface area contributed by atoms with E-state index in [4.69, 9.17) is 16.3 Å². The summed E-state index contributed by atoms with van der Waals surface area (Å²) in [6.07, 6.45) is 4.22. The molecule has 1 atom stereocenters. The molecule has 0 aliphatic heterocycles. The topological polar surface area (TPSA) is 34.2 Å². The van der Waals surface area contributed by atoms with Crippen LogP contribution in [0.15, 0.2) is 42.7 Å². The number of hydrogen-bond donors (Lipinski definition) is 1. The van der Waals surface area contributed by atoms with Crippen LogP contribution in [0.3, 0.4) is 0 Å². The third-order valence-corrected chi connectivity index (χ3v) is 3.48. The fourth-order valence-corrected chi connectivity index (χ4v) is 2.31. The number of halogens is 1. The van der Waals surface area contributed by atoms with Crippen LogP contribution in [-0.2, 0) is 6.42 Å². The largest absolute Gasteiger partial charge is 0.496 e. The molecule has 0 aliphatic carbocycles. The second-order valence-corrected chi connectivity index (χ2v) is 4.66. The van der Waals surface area contributed by atoms with Crippen molar-refractivity contribution in [2.45, 2.75) is 12.5 Å². The van der Waals surface area contributed by atoms with E-state index in [0.717, 1.165) is 23.3 Å². The molecule has 1 aromatic heterocycles. The highest BCUT2D eigenvalue weighted by Gasteiger charge is 2.15. The van der Waals surface area contributed by atoms with Gasteiger partial charge in [0.2, 0.25) is 0 Å². The number of hydrogen-bond acceptors (Lipinski definition) is 3. The minimum atomic E-state index is 0.149. The lowest BCUT2D eigenvalue weighted by atomic mass is 9.99. The van der Waals surface area contributed by atoms with Gasteiger partial charge in [0.05, 0.1) is 12.1 Å². The average Bonchev–Trinajstić information content (AvgIpc) is 2.46. The number of methoxy groups -OCH3 is 1. The van der Waals surface area contributed by atoms with Crippen LogP contribution >= 0.6 is 11.6 Å². The molecule has 100 valence electrons. The van der Waals surface area contributed by atoms with E-state index in [1.54, 1.807) is 19.5 Å². The Morgan fingerprint density at radius 3 is 2.79 bits per heavy atom. The van der Waals surface area contributed by atoms with Gasteiger partial charge in [0.15, 0.2) is 0 Å². The molecule has 3 nitrogen and oxygen atoms in total. The van der Waals surface area contributed by atoms with Gasteiger partial charge in [-0.2, -0.15) is 0 Å². The van der Waals surface area contributed by atoms with Gasteiger partial charge in [-0.1, -0.05) is 29.8 Å². The highest BCUT2D eigenvalue weighted by molar-refractivity contribution is 6.31. The second kappa shape index (κ2) is 6.55. The lowest BCUT2D eigenvalue weighted by Crippen LogP contribution is -2.19. The molecular weight excluding hydrogens is 260 g/mol. The molecule has 2 rings (SSSR count). The molecule has 1 unspecified atom stereocenters. The summed E-state index contributed by atoms with van der Waals surface area (Å²) >= 11 is 6.16. The molecule has 0 amide bonds. The molecule has 19 heavy (non-hydrogen) atoms. The minimum absolute atomic E-state index is 0.149. The molecule has 2 aromatic rings. The van der Waals surface area contributed by atoms with Crippen molar-refractivity contribution in [2.75, 3.05) is 14.2 Å². The van der Waals surface area contributed by atoms with E-state index in [0.29, 0.717) is 5.02 Å². The summed E-state index contributed by atoms with van der Waals surface area (Å²) in [6, 6.07) is 10.1. The first kappa shape index (κ1) is 13.8. The van der Waals surface area contributed by atoms with Gasteiger partial charge in [0.1, 0.15) is 5.75 Å². The van der Waals surface area contributed by atoms with Crippen molar-refractivity contribution >= 4 is 11.6 Å². The Balaban J connectivity index is 2.28. The quantitative estimate of drug-likeness (QED) is 0.910. The average molecular weight is 277 g/mol. The molecule has 0 fully saturated rings. The number of para-hydroxylation sites is 1. The Morgan fingerprint density at radius 1 is 1.32 bits per heavy atom. The maximum absolute atomic E-state index is 6.16. The summed E-state index contributed by atoms with van der Waals surface area (Å²) in [7, 11) is 3.62. The standard InChI is InChI=1S/C15H17ClN2O/c1-17-14(9-11-7-8-18-10-13(11)16)12-5-3-4-6-15(12)19-2/h3-8,10,14,17H,9H2,1-2H3. The van der Waals surface area contributed by atoms with Crippen LogP contribution in [0.5, 0.6) is 5.75 Å². The van der Waals surface area contributed by atoms with Crippen LogP contribution in [0, 0.1) is 0 Å². The van der Waals surface area contributed by atoms with E-state index in [-0.39, 0.29) is 6.04 Å². The maximum Gasteiger partial charge on any atom is 0.123 e. The zero-order valence-corrected chi connectivity index (χ0v) is 11.8. The van der Waals surface area contributed by atoms with Crippen LogP contribution in [-0.4, -0.2) is 19.1 Å². The van der Waals surface area contributed by atoms with Crippen molar-refractivity contribution in [3.05, 3.63) is 58.9 Å². The van der Waals surface area contributed by atoms with E-state index in [1.807, 2.05) is 31.3 Å². The number of nitrogens with one attached hydrogen (secondary N) is 1. The Labute approximate surface area is 118 Å². The number of nitrogens with zero attached hydrogens (tertiary/aromatic N) is 1. The SMILES string of the molecule is CNC(Cc1ccncc1Cl)c1ccccc1OC. The predicted molar refractivity (Wildman–Crippen MR) is 77.7 cm³/mol. The summed E-state index contributed by atoms with van der Waals surface area (Å²) in [4.78, 5) is 4.01. The van der Waals surface area contributed by atoms with Gasteiger partial charge in [-0.3, -0.25) is 4.98 Å². The van der Waals surface area contributed by atoms with Crippen molar-refractivity contribution in [3.63, 3.8) is 0 Å². The monoisotopic (exact) mass is 276 g/mol. The molecule has 0 saturated heterocycles. The molecule has 0 radical (unpaired) electrons. The van der Waals surface area contributed by atoms with E-state index in [2.05, 4.69) is 16.4 Å². The first-order valence-electron chi connectivity index (χ1n) is 6.14. The molecule has 0 aliphatic rings. The molecule has 1 N–H and O–H groups in total. The molecule has 4 heteroatoms. The minimum Gasteiger partial charge on any atom is -0.496 e. The van der Waals surface area contributed by atoms with Crippen LogP contribution in [0.1, 0.15) is 17.2 Å². The first-order chi connectivity index (χ1) is 9.26. The van der Waals surface area contributed by atoms with Gasteiger partial charge in [0.25, 0.3) is 0 Å². The van der Waals surface area contributed by atoms with Crippen molar-refractivity contribution in [3.8, 4) is 5.75 Å². The first-order valence-corrected chi connectivity index (χ1v) is 6.52. The van der Waals surface area contributed by atoms with Crippen LogP contribution < -0.4 is 10.1 Å². The van der Waals surface area contributed by atoms with Gasteiger partial charge in [-0.25, -0.2) is 0 Å². The lowest BCUT2D eigenvalue weighted by Gasteiger charge is -2.19. The number of pyridine rings is 1. The van der Waals surface area contributed by atoms with Crippen LogP contribution in [0.2, 0.25) is 5.02 Å². The number of aromatic nitrogens is 1. The number of ether oxygens (including phenoxy) is 1. The summed E-state index contributed by atoms with van der Waals surface area (Å²) in [5.74, 6) is 0.882. The highest BCUT2D eigenvalue weighted by Crippen LogP contribution is 2.28. The smallest absolute Gasteiger partial charge is 0.123 e. The van der Waals surface area contributed by atoms with Crippen LogP contribution in [0.4, 0.5) is 0 Å². The van der Waals surface area contributed by atoms with Crippen molar-refractivity contribution < 1.29 is 4.74 Å². The number of benzene rings is 1. The zero-order chi connectivity index (χ0) is 13.7. The highest BCUT2D eigenvalue weighted by atomic mass is 35.5. The Hall–Kier alpha value is -1.58. The van der Waals surface area contributed by atoms with E-state index in [1.165, 1.54) is 0 Å². The molecule has 0 bridgehead atoms. The van der Waals surface area contributed by atoms with Gasteiger partial charge in [-0.15, -0.1) is 0 Å². The number of rotatable bonds is 5. The van der Waals surface area contributed by atoms with Gasteiger partial charge in [0, 0.05) is 24.0 Å². The van der Waals surface area contributed by atoms with Crippen molar-refractivity contribution in [2.24, 2.45) is 0 Å². The summed E-state index contributed by atoms with van der Waals surface area (Å²) in [5, 5.41) is 4.00. The molecule has 1 heterocycles. The summed E-state index contributed by atoms with van der Waals surface area (Å²) in [6.45, 7) is 0. The van der Waals surface area contributed by atoms with Gasteiger partial charge >= 0.3 is 0 Å². The maximum atomic E-state index is 6.16. The summed E-state index contributed by atoms with van der Waals surface area (Å²) < 4.78 is 5.41. The van der Waals surface area contributed by atoms with E-state index >= 15 is 0 Å². The molecule has 0 spiro atoms. The third-order valence-electron chi connectivity index (χ3n) is 3.14. The Kier molecular flexibility index (Phi) is 4.77. The Morgan fingerprint density at radius 2 is 2.11 bits per heavy atom. The lowest BCUT2D eigenvalue weighted by molar-refractivity contribution is 0.401. The fraction of sp³-hybridized carbons (Fsp3) is 0.267. The summed E-state index contributed by atoms with van der Waals surface area (Å²) in [5.41, 5.74) is 2.20. The predicted octanol–water partition coefficient (Wildman–Crippen LogP) is 3.25. The van der Waals surface area contributed by atoms with Crippen molar-refractivity contribution in [1.82, 2.24) is 10.3 Å². The Bertz CT molecular complexity index is 545. The van der Waals surface area contributed by atoms with Crippen LogP contribution in [0.25, 0.3) is 0 Å². The fourth-order valence-electron chi connectivity index (χ4n) is 2.11. The van der Waals surface area contributed by atoms with Gasteiger partial charge < -0.3 is 10.1 Å². The van der Waals surface area contributed by atoms with E-state index in [9.17, 15) is 0 Å². The number of likely N-dealkylation sites (N-methyl/N-ethyl adjacent to an activating group) is 1. The second-order valence-electron chi connectivity index (χ2n) is 4.25. The molecule has 1 aromatic carbocycles. The third kappa shape index (κ3) is 3.25. The molecule has 0 saturated carbocycles. The van der Waals surface area contributed by atoms with Crippen molar-refractivity contribution in [1.29, 1.82) is 0 Å². The zero-order valence-electron chi connectivity index (χ0n) is 11.1.